The van der Waals surface area contributed by atoms with E-state index in [-0.39, 0.29) is 29.0 Å². The van der Waals surface area contributed by atoms with E-state index < -0.39 is 0 Å². The van der Waals surface area contributed by atoms with Crippen LogP contribution in [0, 0.1) is 22.7 Å². The SMILES string of the molecule is C=C(C)C(=O)OC1C(OC)C2(C)CCC1(C(C)C)CC2C. The normalized spacial score (nSPS) is 42.1. The number of esters is 1. The van der Waals surface area contributed by atoms with E-state index in [1.54, 1.807) is 14.0 Å². The number of hydrogen-bond donors (Lipinski definition) is 0. The topological polar surface area (TPSA) is 35.5 Å². The highest BCUT2D eigenvalue weighted by Gasteiger charge is 2.64. The van der Waals surface area contributed by atoms with Crippen molar-refractivity contribution in [2.45, 2.75) is 66.1 Å². The molecule has 0 aromatic heterocycles. The van der Waals surface area contributed by atoms with E-state index in [9.17, 15) is 4.79 Å². The zero-order valence-electron chi connectivity index (χ0n) is 14.4. The molecule has 3 saturated carbocycles. The van der Waals surface area contributed by atoms with Crippen molar-refractivity contribution in [1.82, 2.24) is 0 Å². The van der Waals surface area contributed by atoms with Gasteiger partial charge in [0.2, 0.25) is 0 Å². The van der Waals surface area contributed by atoms with Gasteiger partial charge in [0.25, 0.3) is 0 Å². The molecule has 0 spiro atoms. The predicted octanol–water partition coefficient (Wildman–Crippen LogP) is 3.97. The number of rotatable bonds is 4. The number of carbonyl (C=O) groups excluding carboxylic acids is 1. The maximum atomic E-state index is 12.1. The third-order valence-electron chi connectivity index (χ3n) is 6.42. The highest BCUT2D eigenvalue weighted by atomic mass is 16.6. The summed E-state index contributed by atoms with van der Waals surface area (Å²) in [6.07, 6.45) is 3.17. The fraction of sp³-hybridized carbons (Fsp3) is 0.833. The largest absolute Gasteiger partial charge is 0.456 e. The van der Waals surface area contributed by atoms with Crippen LogP contribution in [0.1, 0.15) is 53.9 Å². The van der Waals surface area contributed by atoms with Gasteiger partial charge in [-0.1, -0.05) is 34.3 Å². The molecule has 120 valence electrons. The highest BCUT2D eigenvalue weighted by molar-refractivity contribution is 5.87. The molecule has 0 radical (unpaired) electrons. The Labute approximate surface area is 129 Å². The average molecular weight is 294 g/mol. The highest BCUT2D eigenvalue weighted by Crippen LogP contribution is 2.63. The first-order valence-electron chi connectivity index (χ1n) is 8.08. The van der Waals surface area contributed by atoms with E-state index in [1.807, 2.05) is 0 Å². The van der Waals surface area contributed by atoms with Crippen LogP contribution in [0.3, 0.4) is 0 Å². The Bertz CT molecular complexity index is 442. The molecule has 0 aromatic carbocycles. The van der Waals surface area contributed by atoms with E-state index >= 15 is 0 Å². The Morgan fingerprint density at radius 1 is 1.29 bits per heavy atom. The van der Waals surface area contributed by atoms with Crippen molar-refractivity contribution in [2.24, 2.45) is 22.7 Å². The Kier molecular flexibility index (Phi) is 4.27. The number of ether oxygens (including phenoxy) is 2. The van der Waals surface area contributed by atoms with Crippen molar-refractivity contribution in [3.05, 3.63) is 12.2 Å². The second-order valence-corrected chi connectivity index (χ2v) is 7.76. The average Bonchev–Trinajstić information content (AvgIpc) is 2.40. The first-order valence-corrected chi connectivity index (χ1v) is 8.08. The summed E-state index contributed by atoms with van der Waals surface area (Å²) in [5, 5.41) is 0. The zero-order valence-corrected chi connectivity index (χ0v) is 14.4. The molecule has 5 atom stereocenters. The summed E-state index contributed by atoms with van der Waals surface area (Å²) in [5.74, 6) is 0.759. The van der Waals surface area contributed by atoms with E-state index in [1.165, 1.54) is 0 Å². The molecule has 0 N–H and O–H groups in total. The lowest BCUT2D eigenvalue weighted by atomic mass is 9.45. The predicted molar refractivity (Wildman–Crippen MR) is 83.9 cm³/mol. The van der Waals surface area contributed by atoms with Gasteiger partial charge in [-0.3, -0.25) is 0 Å². The summed E-state index contributed by atoms with van der Waals surface area (Å²) in [4.78, 5) is 12.1. The van der Waals surface area contributed by atoms with Gasteiger partial charge < -0.3 is 9.47 Å². The van der Waals surface area contributed by atoms with Gasteiger partial charge in [-0.05, 0) is 38.0 Å². The van der Waals surface area contributed by atoms with Gasteiger partial charge in [-0.2, -0.15) is 0 Å². The Morgan fingerprint density at radius 2 is 1.90 bits per heavy atom. The van der Waals surface area contributed by atoms with E-state index in [0.717, 1.165) is 19.3 Å². The first kappa shape index (κ1) is 16.5. The molecular formula is C18H30O3. The molecule has 3 heteroatoms. The minimum atomic E-state index is -0.286. The lowest BCUT2D eigenvalue weighted by molar-refractivity contribution is -0.249. The van der Waals surface area contributed by atoms with Crippen LogP contribution >= 0.6 is 0 Å². The third kappa shape index (κ3) is 2.34. The second-order valence-electron chi connectivity index (χ2n) is 7.76. The van der Waals surface area contributed by atoms with Crippen LogP contribution in [0.15, 0.2) is 12.2 Å². The fourth-order valence-corrected chi connectivity index (χ4v) is 4.62. The molecule has 3 nitrogen and oxygen atoms in total. The standard InChI is InChI=1S/C18H30O3/c1-11(2)16(19)21-15-14(20-7)17(6)8-9-18(15,12(3)4)10-13(17)5/h12-15H,1,8-10H2,2-7H3. The summed E-state index contributed by atoms with van der Waals surface area (Å²) >= 11 is 0. The molecule has 3 rings (SSSR count). The maximum absolute atomic E-state index is 12.1. The van der Waals surface area contributed by atoms with Gasteiger partial charge in [0.15, 0.2) is 0 Å². The molecule has 5 unspecified atom stereocenters. The monoisotopic (exact) mass is 294 g/mol. The maximum Gasteiger partial charge on any atom is 0.333 e. The molecule has 3 fully saturated rings. The van der Waals surface area contributed by atoms with Crippen molar-refractivity contribution in [3.63, 3.8) is 0 Å². The van der Waals surface area contributed by atoms with Crippen LogP contribution in [0.25, 0.3) is 0 Å². The molecule has 0 saturated heterocycles. The van der Waals surface area contributed by atoms with E-state index in [0.29, 0.717) is 17.4 Å². The fourth-order valence-electron chi connectivity index (χ4n) is 4.62. The summed E-state index contributed by atoms with van der Waals surface area (Å²) in [6.45, 7) is 14.5. The Morgan fingerprint density at radius 3 is 2.33 bits per heavy atom. The lowest BCUT2D eigenvalue weighted by Gasteiger charge is -2.64. The molecule has 2 bridgehead atoms. The molecule has 0 aromatic rings. The lowest BCUT2D eigenvalue weighted by Crippen LogP contribution is -2.66. The van der Waals surface area contributed by atoms with Gasteiger partial charge in [0.1, 0.15) is 12.2 Å². The summed E-state index contributed by atoms with van der Waals surface area (Å²) < 4.78 is 11.8. The summed E-state index contributed by atoms with van der Waals surface area (Å²) in [6, 6.07) is 0. The Hall–Kier alpha value is -0.830. The van der Waals surface area contributed by atoms with Crippen molar-refractivity contribution in [2.75, 3.05) is 7.11 Å². The quantitative estimate of drug-likeness (QED) is 0.581. The van der Waals surface area contributed by atoms with Crippen molar-refractivity contribution in [3.8, 4) is 0 Å². The van der Waals surface area contributed by atoms with Crippen LogP contribution in [0.2, 0.25) is 0 Å². The molecule has 0 heterocycles. The molecular weight excluding hydrogens is 264 g/mol. The number of methoxy groups -OCH3 is 1. The molecule has 3 aliphatic carbocycles. The smallest absolute Gasteiger partial charge is 0.333 e. The van der Waals surface area contributed by atoms with Crippen LogP contribution in [0.4, 0.5) is 0 Å². The van der Waals surface area contributed by atoms with Crippen LogP contribution in [-0.4, -0.2) is 25.3 Å². The van der Waals surface area contributed by atoms with E-state index in [4.69, 9.17) is 9.47 Å². The molecule has 0 amide bonds. The number of hydrogen-bond acceptors (Lipinski definition) is 3. The minimum absolute atomic E-state index is 0.0271. The minimum Gasteiger partial charge on any atom is -0.456 e. The third-order valence-corrected chi connectivity index (χ3v) is 6.42. The van der Waals surface area contributed by atoms with Crippen molar-refractivity contribution in [1.29, 1.82) is 0 Å². The van der Waals surface area contributed by atoms with Gasteiger partial charge in [-0.25, -0.2) is 4.79 Å². The Balaban J connectivity index is 2.42. The van der Waals surface area contributed by atoms with Crippen LogP contribution < -0.4 is 0 Å². The van der Waals surface area contributed by atoms with Crippen LogP contribution in [-0.2, 0) is 14.3 Å². The van der Waals surface area contributed by atoms with Crippen molar-refractivity contribution >= 4 is 5.97 Å². The van der Waals surface area contributed by atoms with Gasteiger partial charge in [0.05, 0.1) is 0 Å². The van der Waals surface area contributed by atoms with Gasteiger partial charge in [-0.15, -0.1) is 0 Å². The van der Waals surface area contributed by atoms with Gasteiger partial charge >= 0.3 is 5.97 Å². The zero-order chi connectivity index (χ0) is 16.0. The van der Waals surface area contributed by atoms with Crippen LogP contribution in [0.5, 0.6) is 0 Å². The van der Waals surface area contributed by atoms with E-state index in [2.05, 4.69) is 34.3 Å². The molecule has 21 heavy (non-hydrogen) atoms. The summed E-state index contributed by atoms with van der Waals surface area (Å²) in [7, 11) is 1.75. The first-order chi connectivity index (χ1) is 9.69. The molecule has 3 aliphatic rings. The van der Waals surface area contributed by atoms with Crippen molar-refractivity contribution < 1.29 is 14.3 Å². The van der Waals surface area contributed by atoms with Gasteiger partial charge in [0, 0.05) is 23.5 Å². The summed E-state index contributed by atoms with van der Waals surface area (Å²) in [5.41, 5.74) is 0.581. The number of fused-ring (bicyclic) bond motifs is 3. The second kappa shape index (κ2) is 5.42. The number of carbonyl (C=O) groups is 1. The molecule has 0 aliphatic heterocycles.